The van der Waals surface area contributed by atoms with E-state index >= 15 is 0 Å². The molecule has 0 unspecified atom stereocenters. The Balaban J connectivity index is 1.61. The molecule has 3 aromatic rings. The summed E-state index contributed by atoms with van der Waals surface area (Å²) in [4.78, 5) is 12.7. The molecule has 2 N–H and O–H groups in total. The van der Waals surface area contributed by atoms with Crippen molar-refractivity contribution in [2.24, 2.45) is 0 Å². The Hall–Kier alpha value is -2.18. The number of aliphatic hydroxyl groups is 1. The Kier molecular flexibility index (Phi) is 4.78. The van der Waals surface area contributed by atoms with E-state index in [0.717, 1.165) is 34.1 Å². The largest absolute Gasteiger partial charge is 0.385 e. The van der Waals surface area contributed by atoms with Crippen LogP contribution in [-0.2, 0) is 10.4 Å². The standard InChI is InChI=1S/C21H22BrN3O2/c1-21(27,15-9-3-2-4-10-15)13-18(26)23-20-19(14-7-5-8-14)16-11-6-12-17(22)25(16)24-20/h2-4,6,9-12,14,27H,5,7-8,13H2,1H3,(H,23,24,26)/t21-/m0/s1. The Morgan fingerprint density at radius 3 is 2.67 bits per heavy atom. The highest BCUT2D eigenvalue weighted by Gasteiger charge is 2.30. The molecule has 140 valence electrons. The molecule has 1 aromatic carbocycles. The maximum atomic E-state index is 12.7. The Morgan fingerprint density at radius 1 is 1.26 bits per heavy atom. The SMILES string of the molecule is C[C@](O)(CC(=O)Nc1nn2c(Br)cccc2c1C1CCC1)c1ccccc1. The molecule has 0 bridgehead atoms. The van der Waals surface area contributed by atoms with Crippen LogP contribution in [0.15, 0.2) is 53.1 Å². The van der Waals surface area contributed by atoms with Gasteiger partial charge in [-0.15, -0.1) is 5.10 Å². The highest BCUT2D eigenvalue weighted by molar-refractivity contribution is 9.10. The molecule has 0 radical (unpaired) electrons. The zero-order chi connectivity index (χ0) is 19.0. The van der Waals surface area contributed by atoms with Gasteiger partial charge in [-0.2, -0.15) is 0 Å². The van der Waals surface area contributed by atoms with Gasteiger partial charge in [0.05, 0.1) is 17.5 Å². The monoisotopic (exact) mass is 427 g/mol. The first-order valence-electron chi connectivity index (χ1n) is 9.20. The van der Waals surface area contributed by atoms with Gasteiger partial charge in [-0.25, -0.2) is 4.52 Å². The predicted octanol–water partition coefficient (Wildman–Crippen LogP) is 4.60. The Labute approximate surface area is 166 Å². The molecule has 6 heteroatoms. The third-order valence-corrected chi connectivity index (χ3v) is 5.92. The number of hydrogen-bond acceptors (Lipinski definition) is 3. The summed E-state index contributed by atoms with van der Waals surface area (Å²) in [5.74, 6) is 0.770. The summed E-state index contributed by atoms with van der Waals surface area (Å²) in [7, 11) is 0. The van der Waals surface area contributed by atoms with Gasteiger partial charge < -0.3 is 10.4 Å². The fourth-order valence-electron chi connectivity index (χ4n) is 3.64. The van der Waals surface area contributed by atoms with Crippen LogP contribution in [0.3, 0.4) is 0 Å². The summed E-state index contributed by atoms with van der Waals surface area (Å²) >= 11 is 3.53. The molecule has 2 heterocycles. The minimum Gasteiger partial charge on any atom is -0.385 e. The molecule has 27 heavy (non-hydrogen) atoms. The van der Waals surface area contributed by atoms with Crippen LogP contribution in [-0.4, -0.2) is 20.6 Å². The Bertz CT molecular complexity index is 978. The van der Waals surface area contributed by atoms with E-state index in [1.54, 1.807) is 6.92 Å². The molecular weight excluding hydrogens is 406 g/mol. The molecule has 1 fully saturated rings. The molecule has 5 nitrogen and oxygen atoms in total. The number of halogens is 1. The number of hydrogen-bond donors (Lipinski definition) is 2. The van der Waals surface area contributed by atoms with Crippen molar-refractivity contribution in [2.45, 2.75) is 44.1 Å². The first-order chi connectivity index (χ1) is 13.0. The maximum absolute atomic E-state index is 12.7. The molecule has 0 spiro atoms. The minimum atomic E-state index is -1.23. The van der Waals surface area contributed by atoms with Crippen molar-refractivity contribution in [2.75, 3.05) is 5.32 Å². The molecule has 2 aromatic heterocycles. The van der Waals surface area contributed by atoms with Crippen molar-refractivity contribution in [3.63, 3.8) is 0 Å². The van der Waals surface area contributed by atoms with Gasteiger partial charge >= 0.3 is 0 Å². The van der Waals surface area contributed by atoms with Crippen LogP contribution in [0.25, 0.3) is 5.52 Å². The summed E-state index contributed by atoms with van der Waals surface area (Å²) < 4.78 is 2.66. The third-order valence-electron chi connectivity index (χ3n) is 5.32. The maximum Gasteiger partial charge on any atom is 0.228 e. The molecular formula is C21H22BrN3O2. The number of aromatic nitrogens is 2. The summed E-state index contributed by atoms with van der Waals surface area (Å²) in [6.07, 6.45) is 3.39. The third kappa shape index (κ3) is 3.51. The molecule has 1 amide bonds. The van der Waals surface area contributed by atoms with Crippen molar-refractivity contribution in [1.29, 1.82) is 0 Å². The van der Waals surface area contributed by atoms with E-state index in [1.807, 2.05) is 53.0 Å². The van der Waals surface area contributed by atoms with Crippen molar-refractivity contribution in [3.05, 3.63) is 64.3 Å². The molecule has 4 rings (SSSR count). The molecule has 1 aliphatic carbocycles. The second kappa shape index (κ2) is 7.09. The number of carbonyl (C=O) groups is 1. The second-order valence-corrected chi connectivity index (χ2v) is 8.21. The number of fused-ring (bicyclic) bond motifs is 1. The van der Waals surface area contributed by atoms with E-state index < -0.39 is 5.60 Å². The normalized spacial score (nSPS) is 16.7. The van der Waals surface area contributed by atoms with Gasteiger partial charge in [0.25, 0.3) is 0 Å². The summed E-state index contributed by atoms with van der Waals surface area (Å²) in [5, 5.41) is 18.3. The average Bonchev–Trinajstić information content (AvgIpc) is 2.93. The van der Waals surface area contributed by atoms with Crippen molar-refractivity contribution in [1.82, 2.24) is 9.61 Å². The lowest BCUT2D eigenvalue weighted by Crippen LogP contribution is -2.29. The first kappa shape index (κ1) is 18.2. The smallest absolute Gasteiger partial charge is 0.228 e. The lowest BCUT2D eigenvalue weighted by atomic mass is 9.80. The lowest BCUT2D eigenvalue weighted by molar-refractivity contribution is -0.120. The fourth-order valence-corrected chi connectivity index (χ4v) is 4.06. The van der Waals surface area contributed by atoms with Crippen LogP contribution < -0.4 is 5.32 Å². The second-order valence-electron chi connectivity index (χ2n) is 7.40. The van der Waals surface area contributed by atoms with Gasteiger partial charge in [0.1, 0.15) is 4.60 Å². The molecule has 1 atom stereocenters. The number of nitrogens with zero attached hydrogens (tertiary/aromatic N) is 2. The highest BCUT2D eigenvalue weighted by Crippen LogP contribution is 2.42. The number of nitrogens with one attached hydrogen (secondary N) is 1. The molecule has 1 saturated carbocycles. The van der Waals surface area contributed by atoms with E-state index in [-0.39, 0.29) is 12.3 Å². The van der Waals surface area contributed by atoms with Crippen LogP contribution in [0.5, 0.6) is 0 Å². The number of anilines is 1. The number of pyridine rings is 1. The molecule has 0 aliphatic heterocycles. The van der Waals surface area contributed by atoms with E-state index in [4.69, 9.17) is 0 Å². The summed E-state index contributed by atoms with van der Waals surface area (Å²) in [5.41, 5.74) is 1.59. The van der Waals surface area contributed by atoms with Crippen LogP contribution in [0.2, 0.25) is 0 Å². The van der Waals surface area contributed by atoms with Crippen LogP contribution >= 0.6 is 15.9 Å². The van der Waals surface area contributed by atoms with Crippen LogP contribution in [0.4, 0.5) is 5.82 Å². The zero-order valence-electron chi connectivity index (χ0n) is 15.2. The average molecular weight is 428 g/mol. The van der Waals surface area contributed by atoms with Gasteiger partial charge in [-0.05, 0) is 59.3 Å². The van der Waals surface area contributed by atoms with Gasteiger partial charge in [0.15, 0.2) is 5.82 Å². The van der Waals surface area contributed by atoms with E-state index in [9.17, 15) is 9.90 Å². The van der Waals surface area contributed by atoms with E-state index in [2.05, 4.69) is 26.3 Å². The number of rotatable bonds is 5. The number of amides is 1. The van der Waals surface area contributed by atoms with Gasteiger partial charge in [0, 0.05) is 5.56 Å². The van der Waals surface area contributed by atoms with Crippen molar-refractivity contribution in [3.8, 4) is 0 Å². The number of benzene rings is 1. The summed E-state index contributed by atoms with van der Waals surface area (Å²) in [6.45, 7) is 1.66. The zero-order valence-corrected chi connectivity index (χ0v) is 16.7. The van der Waals surface area contributed by atoms with Crippen LogP contribution in [0.1, 0.15) is 49.7 Å². The highest BCUT2D eigenvalue weighted by atomic mass is 79.9. The quantitative estimate of drug-likeness (QED) is 0.584. The van der Waals surface area contributed by atoms with Gasteiger partial charge in [0.2, 0.25) is 5.91 Å². The van der Waals surface area contributed by atoms with Crippen LogP contribution in [0, 0.1) is 0 Å². The first-order valence-corrected chi connectivity index (χ1v) is 10.00. The fraction of sp³-hybridized carbons (Fsp3) is 0.333. The summed E-state index contributed by atoms with van der Waals surface area (Å²) in [6, 6.07) is 15.2. The van der Waals surface area contributed by atoms with E-state index in [0.29, 0.717) is 11.7 Å². The van der Waals surface area contributed by atoms with Crippen molar-refractivity contribution < 1.29 is 9.90 Å². The molecule has 0 saturated heterocycles. The molecule has 1 aliphatic rings. The van der Waals surface area contributed by atoms with Gasteiger partial charge in [-0.1, -0.05) is 42.8 Å². The van der Waals surface area contributed by atoms with E-state index in [1.165, 1.54) is 6.42 Å². The van der Waals surface area contributed by atoms with Crippen molar-refractivity contribution >= 4 is 33.2 Å². The predicted molar refractivity (Wildman–Crippen MR) is 109 cm³/mol. The van der Waals surface area contributed by atoms with Gasteiger partial charge in [-0.3, -0.25) is 4.79 Å². The minimum absolute atomic E-state index is 0.0316. The number of carbonyl (C=O) groups excluding carboxylic acids is 1. The lowest BCUT2D eigenvalue weighted by Gasteiger charge is -2.26. The topological polar surface area (TPSA) is 66.6 Å². The Morgan fingerprint density at radius 2 is 2.00 bits per heavy atom.